The van der Waals surface area contributed by atoms with Gasteiger partial charge < -0.3 is 23.9 Å². The van der Waals surface area contributed by atoms with Crippen molar-refractivity contribution in [1.82, 2.24) is 14.5 Å². The van der Waals surface area contributed by atoms with Gasteiger partial charge in [0.2, 0.25) is 5.62 Å². The molecule has 1 aromatic heterocycles. The molecule has 3 aromatic rings. The summed E-state index contributed by atoms with van der Waals surface area (Å²) in [6.45, 7) is 9.78. The Kier molecular flexibility index (Phi) is 8.28. The number of carbonyl (C=O) groups is 2. The monoisotopic (exact) mass is 536 g/mol. The van der Waals surface area contributed by atoms with Crippen LogP contribution in [0, 0.1) is 18.7 Å². The van der Waals surface area contributed by atoms with Crippen LogP contribution in [0.1, 0.15) is 73.6 Å². The first kappa shape index (κ1) is 28.1. The van der Waals surface area contributed by atoms with Gasteiger partial charge in [-0.2, -0.15) is 0 Å². The number of rotatable bonds is 8. The van der Waals surface area contributed by atoms with Gasteiger partial charge >= 0.3 is 6.09 Å². The smallest absolute Gasteiger partial charge is 0.437 e. The Morgan fingerprint density at radius 2 is 1.90 bits per heavy atom. The standard InChI is InChI=1S/C30H37FN4O4/c1-7-38-24-16-20(18-35-13-12-34(6)28(35)33-29(37)39-30(3,4)5)15-23(17-24)27(36)32-26(21-8-9-21)22-10-11-25(31)19(2)14-22/h10-17,21,26H,7-9,18H2,1-6H3,(H,32,36)/b33-28+/t26-/m0/s1. The number of imidazole rings is 1. The summed E-state index contributed by atoms with van der Waals surface area (Å²) in [7, 11) is 1.80. The van der Waals surface area contributed by atoms with Crippen LogP contribution in [0.15, 0.2) is 53.8 Å². The predicted octanol–water partition coefficient (Wildman–Crippen LogP) is 5.44. The van der Waals surface area contributed by atoms with Crippen molar-refractivity contribution >= 4 is 12.0 Å². The molecule has 8 nitrogen and oxygen atoms in total. The van der Waals surface area contributed by atoms with Gasteiger partial charge in [-0.1, -0.05) is 12.1 Å². The lowest BCUT2D eigenvalue weighted by molar-refractivity contribution is 0.0593. The fraction of sp³-hybridized carbons (Fsp3) is 0.433. The van der Waals surface area contributed by atoms with Gasteiger partial charge in [0.05, 0.1) is 19.2 Å². The summed E-state index contributed by atoms with van der Waals surface area (Å²) in [5, 5.41) is 3.17. The number of aromatic nitrogens is 2. The van der Waals surface area contributed by atoms with Crippen LogP contribution in [0.5, 0.6) is 5.75 Å². The topological polar surface area (TPSA) is 86.8 Å². The number of nitrogens with zero attached hydrogens (tertiary/aromatic N) is 3. The van der Waals surface area contributed by atoms with E-state index in [1.807, 2.05) is 35.9 Å². The van der Waals surface area contributed by atoms with E-state index in [1.54, 1.807) is 57.6 Å². The third-order valence-corrected chi connectivity index (χ3v) is 6.44. The first-order chi connectivity index (χ1) is 18.4. The van der Waals surface area contributed by atoms with E-state index in [0.29, 0.717) is 41.6 Å². The molecule has 1 fully saturated rings. The van der Waals surface area contributed by atoms with Gasteiger partial charge in [-0.15, -0.1) is 4.99 Å². The Hall–Kier alpha value is -3.88. The third-order valence-electron chi connectivity index (χ3n) is 6.44. The lowest BCUT2D eigenvalue weighted by Crippen LogP contribution is -2.30. The van der Waals surface area contributed by atoms with Gasteiger partial charge in [0.15, 0.2) is 0 Å². The number of hydrogen-bond donors (Lipinski definition) is 1. The number of halogens is 1. The number of nitrogens with one attached hydrogen (secondary N) is 1. The van der Waals surface area contributed by atoms with E-state index in [4.69, 9.17) is 9.47 Å². The Morgan fingerprint density at radius 1 is 1.15 bits per heavy atom. The second-order valence-electron chi connectivity index (χ2n) is 11.0. The molecule has 9 heteroatoms. The van der Waals surface area contributed by atoms with E-state index in [1.165, 1.54) is 6.07 Å². The second-order valence-corrected chi connectivity index (χ2v) is 11.0. The van der Waals surface area contributed by atoms with Gasteiger partial charge in [-0.25, -0.2) is 9.18 Å². The molecule has 208 valence electrons. The van der Waals surface area contributed by atoms with Crippen molar-refractivity contribution in [2.75, 3.05) is 6.61 Å². The first-order valence-electron chi connectivity index (χ1n) is 13.3. The van der Waals surface area contributed by atoms with Crippen LogP contribution in [0.3, 0.4) is 0 Å². The zero-order chi connectivity index (χ0) is 28.3. The van der Waals surface area contributed by atoms with E-state index in [0.717, 1.165) is 24.0 Å². The third kappa shape index (κ3) is 7.37. The molecule has 39 heavy (non-hydrogen) atoms. The molecule has 1 saturated carbocycles. The van der Waals surface area contributed by atoms with E-state index >= 15 is 0 Å². The average Bonchev–Trinajstić information content (AvgIpc) is 3.64. The van der Waals surface area contributed by atoms with Crippen LogP contribution in [0.4, 0.5) is 9.18 Å². The second kappa shape index (κ2) is 11.5. The van der Waals surface area contributed by atoms with Crippen molar-refractivity contribution < 1.29 is 23.5 Å². The molecule has 0 unspecified atom stereocenters. The Balaban J connectivity index is 1.62. The van der Waals surface area contributed by atoms with Crippen molar-refractivity contribution in [1.29, 1.82) is 0 Å². The molecule has 1 heterocycles. The SMILES string of the molecule is CCOc1cc(Cn2ccn(C)/c2=N\C(=O)OC(C)(C)C)cc(C(=O)N[C@H](c2ccc(F)c(C)c2)C2CC2)c1. The molecule has 0 bridgehead atoms. The number of carbonyl (C=O) groups excluding carboxylic acids is 2. The van der Waals surface area contributed by atoms with Crippen LogP contribution in [-0.4, -0.2) is 33.3 Å². The maximum absolute atomic E-state index is 13.9. The molecular formula is C30H37FN4O4. The fourth-order valence-corrected chi connectivity index (χ4v) is 4.47. The summed E-state index contributed by atoms with van der Waals surface area (Å²) in [5.41, 5.74) is 2.48. The molecule has 2 amide bonds. The van der Waals surface area contributed by atoms with E-state index < -0.39 is 11.7 Å². The number of hydrogen-bond acceptors (Lipinski definition) is 4. The number of amides is 2. The Morgan fingerprint density at radius 3 is 2.54 bits per heavy atom. The lowest BCUT2D eigenvalue weighted by atomic mass is 9.99. The highest BCUT2D eigenvalue weighted by Crippen LogP contribution is 2.41. The number of aryl methyl sites for hydroxylation is 2. The zero-order valence-electron chi connectivity index (χ0n) is 23.5. The minimum Gasteiger partial charge on any atom is -0.494 e. The Labute approximate surface area is 228 Å². The number of benzene rings is 2. The summed E-state index contributed by atoms with van der Waals surface area (Å²) in [5.74, 6) is 0.409. The molecule has 0 spiro atoms. The number of ether oxygens (including phenoxy) is 2. The van der Waals surface area contributed by atoms with Gasteiger partial charge in [0, 0.05) is 25.0 Å². The van der Waals surface area contributed by atoms with Gasteiger partial charge in [0.1, 0.15) is 17.2 Å². The van der Waals surface area contributed by atoms with Crippen LogP contribution >= 0.6 is 0 Å². The van der Waals surface area contributed by atoms with Crippen LogP contribution in [-0.2, 0) is 18.3 Å². The van der Waals surface area contributed by atoms with Crippen molar-refractivity contribution in [2.24, 2.45) is 18.0 Å². The molecule has 0 aliphatic heterocycles. The molecule has 0 radical (unpaired) electrons. The van der Waals surface area contributed by atoms with Gasteiger partial charge in [-0.3, -0.25) is 4.79 Å². The molecule has 1 atom stereocenters. The van der Waals surface area contributed by atoms with E-state index in [-0.39, 0.29) is 17.8 Å². The minimum atomic E-state index is -0.677. The fourth-order valence-electron chi connectivity index (χ4n) is 4.47. The normalized spacial score (nSPS) is 14.7. The van der Waals surface area contributed by atoms with Crippen molar-refractivity contribution in [3.63, 3.8) is 0 Å². The van der Waals surface area contributed by atoms with Crippen molar-refractivity contribution in [2.45, 2.75) is 65.6 Å². The molecule has 1 aliphatic rings. The quantitative estimate of drug-likeness (QED) is 0.416. The average molecular weight is 537 g/mol. The van der Waals surface area contributed by atoms with Gasteiger partial charge in [0.25, 0.3) is 5.91 Å². The maximum atomic E-state index is 13.9. The summed E-state index contributed by atoms with van der Waals surface area (Å²) in [6.07, 6.45) is 4.97. The highest BCUT2D eigenvalue weighted by Gasteiger charge is 2.34. The van der Waals surface area contributed by atoms with Crippen LogP contribution in [0.2, 0.25) is 0 Å². The molecule has 1 N–H and O–H groups in total. The molecule has 2 aromatic carbocycles. The molecular weight excluding hydrogens is 499 g/mol. The largest absolute Gasteiger partial charge is 0.494 e. The zero-order valence-corrected chi connectivity index (χ0v) is 23.5. The van der Waals surface area contributed by atoms with Crippen molar-refractivity contribution in [3.05, 3.63) is 82.5 Å². The molecule has 4 rings (SSSR count). The van der Waals surface area contributed by atoms with E-state index in [9.17, 15) is 14.0 Å². The van der Waals surface area contributed by atoms with Crippen LogP contribution in [0.25, 0.3) is 0 Å². The maximum Gasteiger partial charge on any atom is 0.437 e. The van der Waals surface area contributed by atoms with Crippen molar-refractivity contribution in [3.8, 4) is 5.75 Å². The minimum absolute atomic E-state index is 0.196. The summed E-state index contributed by atoms with van der Waals surface area (Å²) < 4.78 is 28.6. The van der Waals surface area contributed by atoms with E-state index in [2.05, 4.69) is 10.3 Å². The predicted molar refractivity (Wildman–Crippen MR) is 146 cm³/mol. The highest BCUT2D eigenvalue weighted by molar-refractivity contribution is 5.95. The van der Waals surface area contributed by atoms with Gasteiger partial charge in [-0.05, 0) is 94.3 Å². The lowest BCUT2D eigenvalue weighted by Gasteiger charge is -2.20. The Bertz CT molecular complexity index is 1430. The summed E-state index contributed by atoms with van der Waals surface area (Å²) in [6, 6.07) is 10.2. The molecule has 0 saturated heterocycles. The summed E-state index contributed by atoms with van der Waals surface area (Å²) >= 11 is 0. The highest BCUT2D eigenvalue weighted by atomic mass is 19.1. The molecule has 1 aliphatic carbocycles. The van der Waals surface area contributed by atoms with Crippen LogP contribution < -0.4 is 15.7 Å². The summed E-state index contributed by atoms with van der Waals surface area (Å²) in [4.78, 5) is 30.0. The first-order valence-corrected chi connectivity index (χ1v) is 13.3.